The minimum atomic E-state index is -1.25. The monoisotopic (exact) mass is 479 g/mol. The number of alkyl halides is 1. The molecule has 1 fully saturated rings. The molecule has 2 unspecified atom stereocenters. The SMILES string of the molecule is COc1ccc2ncc(=O)n(CC(F)CCC3CC(=O)N(c4ccc5c(c4)CC(=O)CO5)C3)c2c1. The number of hydrogen-bond donors (Lipinski definition) is 0. The smallest absolute Gasteiger partial charge is 0.269 e. The molecule has 1 saturated heterocycles. The number of carbonyl (C=O) groups excluding carboxylic acids is 2. The summed E-state index contributed by atoms with van der Waals surface area (Å²) >= 11 is 0. The van der Waals surface area contributed by atoms with Crippen LogP contribution in [-0.2, 0) is 22.6 Å². The lowest BCUT2D eigenvalue weighted by Gasteiger charge is -2.21. The van der Waals surface area contributed by atoms with E-state index < -0.39 is 6.17 Å². The third kappa shape index (κ3) is 4.76. The molecule has 2 aliphatic rings. The topological polar surface area (TPSA) is 90.7 Å². The van der Waals surface area contributed by atoms with Gasteiger partial charge in [-0.3, -0.25) is 14.4 Å². The van der Waals surface area contributed by atoms with Gasteiger partial charge in [-0.1, -0.05) is 0 Å². The van der Waals surface area contributed by atoms with Crippen molar-refractivity contribution in [1.29, 1.82) is 0 Å². The number of methoxy groups -OCH3 is 1. The lowest BCUT2D eigenvalue weighted by atomic mass is 10.0. The number of ketones is 1. The largest absolute Gasteiger partial charge is 0.497 e. The molecule has 0 bridgehead atoms. The summed E-state index contributed by atoms with van der Waals surface area (Å²) in [5.74, 6) is 1.25. The highest BCUT2D eigenvalue weighted by Crippen LogP contribution is 2.33. The van der Waals surface area contributed by atoms with Crippen LogP contribution in [0, 0.1) is 5.92 Å². The number of nitrogens with zero attached hydrogens (tertiary/aromatic N) is 3. The molecule has 0 N–H and O–H groups in total. The van der Waals surface area contributed by atoms with E-state index in [2.05, 4.69) is 4.98 Å². The number of carbonyl (C=O) groups is 2. The first-order valence-corrected chi connectivity index (χ1v) is 11.7. The highest BCUT2D eigenvalue weighted by atomic mass is 19.1. The summed E-state index contributed by atoms with van der Waals surface area (Å²) in [6.45, 7) is 0.485. The number of aromatic nitrogens is 2. The number of halogens is 1. The maximum atomic E-state index is 15.0. The normalized spacial score (nSPS) is 18.5. The standard InChI is InChI=1S/C26H26FN3O5/c1-34-21-5-6-22-23(11-21)30(26(33)12-28-22)14-18(27)3-2-16-8-25(32)29(13-16)19-4-7-24-17(9-19)10-20(31)15-35-24/h4-7,9,11-12,16,18H,2-3,8,10,13-15H2,1H3. The number of benzene rings is 2. The second-order valence-electron chi connectivity index (χ2n) is 9.11. The van der Waals surface area contributed by atoms with Crippen molar-refractivity contribution in [3.63, 3.8) is 0 Å². The van der Waals surface area contributed by atoms with Crippen molar-refractivity contribution in [3.8, 4) is 11.5 Å². The molecule has 5 rings (SSSR count). The molecule has 1 aromatic heterocycles. The van der Waals surface area contributed by atoms with Crippen LogP contribution in [0.25, 0.3) is 11.0 Å². The van der Waals surface area contributed by atoms with Crippen LogP contribution < -0.4 is 19.9 Å². The molecule has 1 amide bonds. The highest BCUT2D eigenvalue weighted by Gasteiger charge is 2.32. The molecule has 0 radical (unpaired) electrons. The Labute approximate surface area is 201 Å². The molecule has 2 aliphatic heterocycles. The van der Waals surface area contributed by atoms with Crippen molar-refractivity contribution in [3.05, 3.63) is 58.5 Å². The van der Waals surface area contributed by atoms with E-state index >= 15 is 4.39 Å². The first-order valence-electron chi connectivity index (χ1n) is 11.7. The van der Waals surface area contributed by atoms with E-state index in [1.807, 2.05) is 12.1 Å². The van der Waals surface area contributed by atoms with Gasteiger partial charge in [0.25, 0.3) is 5.56 Å². The van der Waals surface area contributed by atoms with Crippen molar-refractivity contribution in [2.45, 2.75) is 38.4 Å². The number of rotatable bonds is 7. The Kier molecular flexibility index (Phi) is 6.23. The Morgan fingerprint density at radius 2 is 2.06 bits per heavy atom. The van der Waals surface area contributed by atoms with Crippen LogP contribution in [0.2, 0.25) is 0 Å². The van der Waals surface area contributed by atoms with Gasteiger partial charge < -0.3 is 18.9 Å². The maximum Gasteiger partial charge on any atom is 0.269 e. The average Bonchev–Trinajstić information content (AvgIpc) is 3.24. The summed E-state index contributed by atoms with van der Waals surface area (Å²) < 4.78 is 27.1. The predicted octanol–water partition coefficient (Wildman–Crippen LogP) is 3.08. The number of ether oxygens (including phenoxy) is 2. The van der Waals surface area contributed by atoms with Crippen LogP contribution in [-0.4, -0.2) is 47.7 Å². The average molecular weight is 480 g/mol. The molecule has 182 valence electrons. The maximum absolute atomic E-state index is 15.0. The molecule has 0 aliphatic carbocycles. The van der Waals surface area contributed by atoms with Crippen molar-refractivity contribution >= 4 is 28.4 Å². The minimum Gasteiger partial charge on any atom is -0.497 e. The molecule has 2 aromatic carbocycles. The molecule has 3 heterocycles. The van der Waals surface area contributed by atoms with Gasteiger partial charge in [-0.05, 0) is 49.1 Å². The Balaban J connectivity index is 1.23. The molecule has 3 aromatic rings. The van der Waals surface area contributed by atoms with Gasteiger partial charge in [0.2, 0.25) is 5.91 Å². The van der Waals surface area contributed by atoms with Crippen LogP contribution in [0.15, 0.2) is 47.4 Å². The van der Waals surface area contributed by atoms with E-state index in [0.29, 0.717) is 48.3 Å². The minimum absolute atomic E-state index is 0.00814. The third-order valence-electron chi connectivity index (χ3n) is 6.66. The van der Waals surface area contributed by atoms with E-state index in [9.17, 15) is 14.4 Å². The summed E-state index contributed by atoms with van der Waals surface area (Å²) in [5, 5.41) is 0. The summed E-state index contributed by atoms with van der Waals surface area (Å²) in [6, 6.07) is 10.6. The zero-order valence-electron chi connectivity index (χ0n) is 19.4. The van der Waals surface area contributed by atoms with E-state index in [1.54, 1.807) is 29.2 Å². The Morgan fingerprint density at radius 1 is 1.20 bits per heavy atom. The van der Waals surface area contributed by atoms with Gasteiger partial charge in [0.1, 0.15) is 24.3 Å². The predicted molar refractivity (Wildman–Crippen MR) is 128 cm³/mol. The fourth-order valence-corrected chi connectivity index (χ4v) is 4.82. The molecular formula is C26H26FN3O5. The van der Waals surface area contributed by atoms with Crippen molar-refractivity contribution in [1.82, 2.24) is 9.55 Å². The number of Topliss-reactive ketones (excluding diaryl/α,β-unsaturated/α-hetero) is 1. The summed E-state index contributed by atoms with van der Waals surface area (Å²) in [4.78, 5) is 42.6. The van der Waals surface area contributed by atoms with Crippen LogP contribution in [0.1, 0.15) is 24.8 Å². The second-order valence-corrected chi connectivity index (χ2v) is 9.11. The van der Waals surface area contributed by atoms with Crippen molar-refractivity contribution in [2.24, 2.45) is 5.92 Å². The van der Waals surface area contributed by atoms with Gasteiger partial charge in [0.15, 0.2) is 5.78 Å². The molecule has 8 nitrogen and oxygen atoms in total. The van der Waals surface area contributed by atoms with Crippen molar-refractivity contribution in [2.75, 3.05) is 25.2 Å². The Morgan fingerprint density at radius 3 is 2.89 bits per heavy atom. The van der Waals surface area contributed by atoms with Gasteiger partial charge in [-0.15, -0.1) is 0 Å². The molecular weight excluding hydrogens is 453 g/mol. The van der Waals surface area contributed by atoms with Gasteiger partial charge >= 0.3 is 0 Å². The summed E-state index contributed by atoms with van der Waals surface area (Å²) in [7, 11) is 1.53. The van der Waals surface area contributed by atoms with Gasteiger partial charge in [-0.25, -0.2) is 9.37 Å². The van der Waals surface area contributed by atoms with Crippen LogP contribution in [0.5, 0.6) is 11.5 Å². The lowest BCUT2D eigenvalue weighted by molar-refractivity contribution is -0.121. The van der Waals surface area contributed by atoms with E-state index in [0.717, 1.165) is 11.3 Å². The van der Waals surface area contributed by atoms with Crippen LogP contribution in [0.4, 0.5) is 10.1 Å². The number of fused-ring (bicyclic) bond motifs is 2. The van der Waals surface area contributed by atoms with E-state index in [-0.39, 0.29) is 42.7 Å². The first kappa shape index (κ1) is 23.0. The molecule has 0 saturated carbocycles. The van der Waals surface area contributed by atoms with Gasteiger partial charge in [-0.2, -0.15) is 0 Å². The fraction of sp³-hybridized carbons (Fsp3) is 0.385. The Bertz CT molecular complexity index is 1350. The quantitative estimate of drug-likeness (QED) is 0.517. The van der Waals surface area contributed by atoms with Crippen molar-refractivity contribution < 1.29 is 23.5 Å². The highest BCUT2D eigenvalue weighted by molar-refractivity contribution is 5.96. The molecule has 9 heteroatoms. The molecule has 0 spiro atoms. The van der Waals surface area contributed by atoms with Crippen LogP contribution in [0.3, 0.4) is 0 Å². The number of anilines is 1. The molecule has 2 atom stereocenters. The lowest BCUT2D eigenvalue weighted by Crippen LogP contribution is -2.26. The summed E-state index contributed by atoms with van der Waals surface area (Å²) in [6.07, 6.45) is 1.35. The van der Waals surface area contributed by atoms with E-state index in [4.69, 9.17) is 9.47 Å². The van der Waals surface area contributed by atoms with Gasteiger partial charge in [0.05, 0.1) is 30.9 Å². The third-order valence-corrected chi connectivity index (χ3v) is 6.66. The number of hydrogen-bond acceptors (Lipinski definition) is 6. The molecule has 35 heavy (non-hydrogen) atoms. The van der Waals surface area contributed by atoms with E-state index in [1.165, 1.54) is 17.9 Å². The Hall–Kier alpha value is -3.75. The second kappa shape index (κ2) is 9.48. The summed E-state index contributed by atoms with van der Waals surface area (Å²) in [5.41, 5.74) is 2.26. The van der Waals surface area contributed by atoms with Crippen LogP contribution >= 0.6 is 0 Å². The van der Waals surface area contributed by atoms with Gasteiger partial charge in [0, 0.05) is 36.7 Å². The fourth-order valence-electron chi connectivity index (χ4n) is 4.82. The zero-order chi connectivity index (χ0) is 24.5. The first-order chi connectivity index (χ1) is 16.9. The zero-order valence-corrected chi connectivity index (χ0v) is 19.4. The number of amides is 1.